The van der Waals surface area contributed by atoms with Gasteiger partial charge in [0.1, 0.15) is 5.69 Å². The minimum absolute atomic E-state index is 0.103. The van der Waals surface area contributed by atoms with Gasteiger partial charge in [-0.25, -0.2) is 0 Å². The van der Waals surface area contributed by atoms with Crippen molar-refractivity contribution in [2.24, 2.45) is 0 Å². The van der Waals surface area contributed by atoms with Crippen molar-refractivity contribution in [3.63, 3.8) is 0 Å². The topological polar surface area (TPSA) is 58.4 Å². The zero-order valence-corrected chi connectivity index (χ0v) is 13.7. The van der Waals surface area contributed by atoms with Crippen LogP contribution in [-0.4, -0.2) is 25.0 Å². The molecule has 3 rings (SSSR count). The molecule has 0 atom stereocenters. The van der Waals surface area contributed by atoms with Crippen molar-refractivity contribution in [2.45, 2.75) is 6.54 Å². The van der Waals surface area contributed by atoms with Crippen molar-refractivity contribution in [1.82, 2.24) is 10.3 Å². The summed E-state index contributed by atoms with van der Waals surface area (Å²) < 4.78 is 5.31. The Morgan fingerprint density at radius 2 is 2.04 bits per heavy atom. The molecular formula is C19H19N3O2. The van der Waals surface area contributed by atoms with E-state index >= 15 is 0 Å². The molecule has 5 nitrogen and oxygen atoms in total. The predicted octanol–water partition coefficient (Wildman–Crippen LogP) is 3.34. The monoisotopic (exact) mass is 321 g/mol. The van der Waals surface area contributed by atoms with E-state index in [4.69, 9.17) is 4.42 Å². The van der Waals surface area contributed by atoms with Crippen molar-refractivity contribution in [3.05, 3.63) is 72.1 Å². The number of benzene rings is 1. The second kappa shape index (κ2) is 7.00. The maximum Gasteiger partial charge on any atom is 0.251 e. The Hall–Kier alpha value is -3.08. The molecule has 1 aromatic carbocycles. The zero-order valence-electron chi connectivity index (χ0n) is 13.7. The summed E-state index contributed by atoms with van der Waals surface area (Å²) in [5.41, 5.74) is 3.34. The number of nitrogens with one attached hydrogen (secondary N) is 1. The molecule has 0 fully saturated rings. The van der Waals surface area contributed by atoms with Crippen molar-refractivity contribution < 1.29 is 9.21 Å². The van der Waals surface area contributed by atoms with Crippen LogP contribution in [0.4, 0.5) is 5.69 Å². The molecule has 5 heteroatoms. The second-order valence-electron chi connectivity index (χ2n) is 5.66. The molecule has 3 aromatic rings. The summed E-state index contributed by atoms with van der Waals surface area (Å²) in [5, 5.41) is 2.91. The quantitative estimate of drug-likeness (QED) is 0.783. The molecule has 1 N–H and O–H groups in total. The molecule has 0 bridgehead atoms. The number of carbonyl (C=O) groups excluding carboxylic acids is 1. The summed E-state index contributed by atoms with van der Waals surface area (Å²) >= 11 is 0. The number of hydrogen-bond acceptors (Lipinski definition) is 4. The summed E-state index contributed by atoms with van der Waals surface area (Å²) in [6, 6.07) is 15.0. The van der Waals surface area contributed by atoms with Crippen LogP contribution >= 0.6 is 0 Å². The van der Waals surface area contributed by atoms with Gasteiger partial charge in [0.05, 0.1) is 6.26 Å². The molecule has 0 spiro atoms. The SMILES string of the molecule is CN(C)c1cccc(C(=O)NCc2ccc(-c3ccco3)nc2)c1. The van der Waals surface area contributed by atoms with E-state index in [0.717, 1.165) is 22.7 Å². The maximum absolute atomic E-state index is 12.3. The van der Waals surface area contributed by atoms with Crippen molar-refractivity contribution in [2.75, 3.05) is 19.0 Å². The highest BCUT2D eigenvalue weighted by Gasteiger charge is 2.07. The number of aromatic nitrogens is 1. The molecule has 0 radical (unpaired) electrons. The van der Waals surface area contributed by atoms with Crippen LogP contribution in [0.25, 0.3) is 11.5 Å². The van der Waals surface area contributed by atoms with Crippen molar-refractivity contribution in [1.29, 1.82) is 0 Å². The van der Waals surface area contributed by atoms with Gasteiger partial charge in [0.25, 0.3) is 5.91 Å². The highest BCUT2D eigenvalue weighted by Crippen LogP contribution is 2.17. The second-order valence-corrected chi connectivity index (χ2v) is 5.66. The number of rotatable bonds is 5. The van der Waals surface area contributed by atoms with E-state index in [1.54, 1.807) is 18.5 Å². The van der Waals surface area contributed by atoms with E-state index < -0.39 is 0 Å². The first-order chi connectivity index (χ1) is 11.6. The third-order valence-corrected chi connectivity index (χ3v) is 3.68. The first-order valence-electron chi connectivity index (χ1n) is 7.68. The lowest BCUT2D eigenvalue weighted by molar-refractivity contribution is 0.0951. The van der Waals surface area contributed by atoms with E-state index in [0.29, 0.717) is 12.1 Å². The summed E-state index contributed by atoms with van der Waals surface area (Å²) in [6.07, 6.45) is 3.36. The standard InChI is InChI=1S/C19H19N3O2/c1-22(2)16-6-3-5-15(11-16)19(23)21-13-14-8-9-17(20-12-14)18-7-4-10-24-18/h3-12H,13H2,1-2H3,(H,21,23). The largest absolute Gasteiger partial charge is 0.463 e. The van der Waals surface area contributed by atoms with Crippen LogP contribution in [0.15, 0.2) is 65.4 Å². The Bertz CT molecular complexity index is 809. The van der Waals surface area contributed by atoms with E-state index in [1.807, 2.05) is 61.5 Å². The van der Waals surface area contributed by atoms with Crippen LogP contribution in [0.1, 0.15) is 15.9 Å². The average Bonchev–Trinajstić information content (AvgIpc) is 3.15. The van der Waals surface area contributed by atoms with Crippen molar-refractivity contribution >= 4 is 11.6 Å². The third-order valence-electron chi connectivity index (χ3n) is 3.68. The lowest BCUT2D eigenvalue weighted by atomic mass is 10.1. The Labute approximate surface area is 140 Å². The predicted molar refractivity (Wildman–Crippen MR) is 93.9 cm³/mol. The lowest BCUT2D eigenvalue weighted by Crippen LogP contribution is -2.23. The smallest absolute Gasteiger partial charge is 0.251 e. The van der Waals surface area contributed by atoms with Gasteiger partial charge in [0, 0.05) is 38.1 Å². The van der Waals surface area contributed by atoms with Crippen LogP contribution in [0, 0.1) is 0 Å². The molecule has 0 aliphatic heterocycles. The number of hydrogen-bond donors (Lipinski definition) is 1. The molecule has 24 heavy (non-hydrogen) atoms. The first kappa shape index (κ1) is 15.8. The molecular weight excluding hydrogens is 302 g/mol. The molecule has 122 valence electrons. The van der Waals surface area contributed by atoms with Gasteiger partial charge in [-0.1, -0.05) is 12.1 Å². The van der Waals surface area contributed by atoms with Crippen LogP contribution in [-0.2, 0) is 6.54 Å². The molecule has 2 aromatic heterocycles. The molecule has 0 aliphatic rings. The van der Waals surface area contributed by atoms with Gasteiger partial charge in [-0.15, -0.1) is 0 Å². The Balaban J connectivity index is 1.63. The Morgan fingerprint density at radius 1 is 1.17 bits per heavy atom. The number of pyridine rings is 1. The summed E-state index contributed by atoms with van der Waals surface area (Å²) in [6.45, 7) is 0.427. The molecule has 2 heterocycles. The van der Waals surface area contributed by atoms with Crippen LogP contribution in [0.2, 0.25) is 0 Å². The molecule has 0 unspecified atom stereocenters. The highest BCUT2D eigenvalue weighted by molar-refractivity contribution is 5.95. The minimum atomic E-state index is -0.103. The number of anilines is 1. The van der Waals surface area contributed by atoms with Crippen molar-refractivity contribution in [3.8, 4) is 11.5 Å². The lowest BCUT2D eigenvalue weighted by Gasteiger charge is -2.13. The summed E-state index contributed by atoms with van der Waals surface area (Å²) in [7, 11) is 3.90. The molecule has 1 amide bonds. The van der Waals surface area contributed by atoms with E-state index in [9.17, 15) is 4.79 Å². The summed E-state index contributed by atoms with van der Waals surface area (Å²) in [4.78, 5) is 18.6. The van der Waals surface area contributed by atoms with Gasteiger partial charge < -0.3 is 14.6 Å². The average molecular weight is 321 g/mol. The molecule has 0 aliphatic carbocycles. The van der Waals surface area contributed by atoms with E-state index in [-0.39, 0.29) is 5.91 Å². The fraction of sp³-hybridized carbons (Fsp3) is 0.158. The Kier molecular flexibility index (Phi) is 4.61. The summed E-state index contributed by atoms with van der Waals surface area (Å²) in [5.74, 6) is 0.625. The minimum Gasteiger partial charge on any atom is -0.463 e. The number of amides is 1. The Morgan fingerprint density at radius 3 is 2.71 bits per heavy atom. The number of furan rings is 1. The maximum atomic E-state index is 12.3. The first-order valence-corrected chi connectivity index (χ1v) is 7.68. The van der Waals surface area contributed by atoms with Gasteiger partial charge in [0.2, 0.25) is 0 Å². The molecule has 0 saturated heterocycles. The van der Waals surface area contributed by atoms with Gasteiger partial charge in [-0.3, -0.25) is 9.78 Å². The number of nitrogens with zero attached hydrogens (tertiary/aromatic N) is 2. The van der Waals surface area contributed by atoms with Crippen LogP contribution in [0.3, 0.4) is 0 Å². The zero-order chi connectivity index (χ0) is 16.9. The normalized spacial score (nSPS) is 10.4. The van der Waals surface area contributed by atoms with Gasteiger partial charge in [0.15, 0.2) is 5.76 Å². The fourth-order valence-electron chi connectivity index (χ4n) is 2.31. The third kappa shape index (κ3) is 3.63. The fourth-order valence-corrected chi connectivity index (χ4v) is 2.31. The van der Waals surface area contributed by atoms with Crippen LogP contribution in [0.5, 0.6) is 0 Å². The highest BCUT2D eigenvalue weighted by atomic mass is 16.3. The van der Waals surface area contributed by atoms with E-state index in [1.165, 1.54) is 0 Å². The van der Waals surface area contributed by atoms with E-state index in [2.05, 4.69) is 10.3 Å². The molecule has 0 saturated carbocycles. The van der Waals surface area contributed by atoms with Gasteiger partial charge >= 0.3 is 0 Å². The van der Waals surface area contributed by atoms with Crippen LogP contribution < -0.4 is 10.2 Å². The van der Waals surface area contributed by atoms with Gasteiger partial charge in [-0.05, 0) is 42.0 Å². The van der Waals surface area contributed by atoms with Gasteiger partial charge in [-0.2, -0.15) is 0 Å². The number of carbonyl (C=O) groups is 1.